The van der Waals surface area contributed by atoms with Gasteiger partial charge < -0.3 is 5.21 Å². The van der Waals surface area contributed by atoms with Crippen LogP contribution in [0.2, 0.25) is 0 Å². The smallest absolute Gasteiger partial charge is 0.0960 e. The minimum atomic E-state index is 0.0564. The van der Waals surface area contributed by atoms with Gasteiger partial charge >= 0.3 is 0 Å². The van der Waals surface area contributed by atoms with E-state index in [-0.39, 0.29) is 12.1 Å². The van der Waals surface area contributed by atoms with Crippen LogP contribution in [0.25, 0.3) is 0 Å². The molecular formula is C8H13N2O2+. The molecule has 2 atom stereocenters. The molecule has 2 rings (SSSR count). The molecule has 2 heterocycles. The van der Waals surface area contributed by atoms with Crippen LogP contribution < -0.4 is 0 Å². The van der Waals surface area contributed by atoms with Gasteiger partial charge in [-0.2, -0.15) is 0 Å². The Morgan fingerprint density at radius 3 is 2.08 bits per heavy atom. The summed E-state index contributed by atoms with van der Waals surface area (Å²) in [6, 6.07) is 0.113. The quantitative estimate of drug-likeness (QED) is 0.416. The molecule has 2 unspecified atom stereocenters. The second kappa shape index (κ2) is 2.32. The Morgan fingerprint density at radius 2 is 1.67 bits per heavy atom. The van der Waals surface area contributed by atoms with E-state index in [0.29, 0.717) is 0 Å². The predicted octanol–water partition coefficient (Wildman–Crippen LogP) is 0.191. The summed E-state index contributed by atoms with van der Waals surface area (Å²) in [5.41, 5.74) is 1.70. The lowest BCUT2D eigenvalue weighted by Gasteiger charge is -2.18. The van der Waals surface area contributed by atoms with Crippen molar-refractivity contribution in [3.63, 3.8) is 0 Å². The first-order valence-electron chi connectivity index (χ1n) is 4.04. The van der Waals surface area contributed by atoms with Crippen LogP contribution in [0.15, 0.2) is 23.5 Å². The van der Waals surface area contributed by atoms with Crippen molar-refractivity contribution in [2.24, 2.45) is 0 Å². The van der Waals surface area contributed by atoms with Gasteiger partial charge in [0.1, 0.15) is 0 Å². The van der Waals surface area contributed by atoms with E-state index >= 15 is 0 Å². The zero-order chi connectivity index (χ0) is 8.88. The van der Waals surface area contributed by atoms with Gasteiger partial charge in [0.25, 0.3) is 0 Å². The van der Waals surface area contributed by atoms with Crippen molar-refractivity contribution in [1.82, 2.24) is 10.1 Å². The van der Waals surface area contributed by atoms with E-state index in [9.17, 15) is 5.21 Å². The molecule has 2 aliphatic heterocycles. The maximum atomic E-state index is 9.19. The second-order valence-corrected chi connectivity index (χ2v) is 3.30. The van der Waals surface area contributed by atoms with E-state index in [1.54, 1.807) is 0 Å². The molecule has 0 radical (unpaired) electrons. The first-order valence-corrected chi connectivity index (χ1v) is 4.04. The largest absolute Gasteiger partial charge is 0.338 e. The fraction of sp³-hybridized carbons (Fsp3) is 0.500. The third kappa shape index (κ3) is 0.964. The highest BCUT2D eigenvalue weighted by Crippen LogP contribution is 2.38. The first-order chi connectivity index (χ1) is 5.61. The Bertz CT molecular complexity index is 246. The molecular weight excluding hydrogens is 156 g/mol. The van der Waals surface area contributed by atoms with Gasteiger partial charge in [0, 0.05) is 0 Å². The fourth-order valence-electron chi connectivity index (χ4n) is 1.48. The standard InChI is InChI=1S/C8H12N2O2/c1-5-3-7-8(10(7)12)4-6(2)9(5)11/h3-6,11-12H,1-2H3/p+1. The molecule has 0 aliphatic carbocycles. The summed E-state index contributed by atoms with van der Waals surface area (Å²) in [5.74, 6) is 0. The monoisotopic (exact) mass is 169 g/mol. The maximum Gasteiger partial charge on any atom is 0.0960 e. The molecule has 12 heavy (non-hydrogen) atoms. The number of hydrogen-bond donors (Lipinski definition) is 1. The van der Waals surface area contributed by atoms with Crippen LogP contribution in [0.5, 0.6) is 0 Å². The number of hydrogen-bond acceptors (Lipinski definition) is 3. The average molecular weight is 169 g/mol. The van der Waals surface area contributed by atoms with E-state index in [1.807, 2.05) is 26.0 Å². The molecule has 0 amide bonds. The van der Waals surface area contributed by atoms with Gasteiger partial charge in [0.05, 0.1) is 23.5 Å². The Labute approximate surface area is 70.9 Å². The zero-order valence-corrected chi connectivity index (χ0v) is 7.15. The summed E-state index contributed by atoms with van der Waals surface area (Å²) >= 11 is 0. The van der Waals surface area contributed by atoms with Crippen molar-refractivity contribution in [1.29, 1.82) is 0 Å². The SMILES string of the molecule is CC1C=C2C(=CC(C)N1[OH2+])N2O. The van der Waals surface area contributed by atoms with Gasteiger partial charge in [-0.1, -0.05) is 5.06 Å². The van der Waals surface area contributed by atoms with E-state index < -0.39 is 0 Å². The lowest BCUT2D eigenvalue weighted by molar-refractivity contribution is -0.126. The summed E-state index contributed by atoms with van der Waals surface area (Å²) in [5, 5.41) is 19.5. The molecule has 2 aliphatic rings. The van der Waals surface area contributed by atoms with Crippen molar-refractivity contribution < 1.29 is 10.4 Å². The summed E-state index contributed by atoms with van der Waals surface area (Å²) in [6.45, 7) is 3.89. The van der Waals surface area contributed by atoms with E-state index in [0.717, 1.165) is 11.4 Å². The lowest BCUT2D eigenvalue weighted by Crippen LogP contribution is -2.34. The Balaban J connectivity index is 2.30. The van der Waals surface area contributed by atoms with Crippen molar-refractivity contribution in [3.05, 3.63) is 23.5 Å². The van der Waals surface area contributed by atoms with Gasteiger partial charge in [0.15, 0.2) is 0 Å². The minimum Gasteiger partial charge on any atom is -0.338 e. The van der Waals surface area contributed by atoms with E-state index in [4.69, 9.17) is 5.21 Å². The summed E-state index contributed by atoms with van der Waals surface area (Å²) in [4.78, 5) is 0. The third-order valence-corrected chi connectivity index (χ3v) is 2.34. The number of hydroxylamine groups is 4. The highest BCUT2D eigenvalue weighted by Gasteiger charge is 2.38. The van der Waals surface area contributed by atoms with Gasteiger partial charge in [-0.05, 0) is 26.0 Å². The third-order valence-electron chi connectivity index (χ3n) is 2.34. The van der Waals surface area contributed by atoms with Gasteiger partial charge in [-0.25, -0.2) is 5.06 Å². The highest BCUT2D eigenvalue weighted by atomic mass is 16.5. The minimum absolute atomic E-state index is 0.0564. The van der Waals surface area contributed by atoms with Gasteiger partial charge in [-0.3, -0.25) is 5.21 Å². The van der Waals surface area contributed by atoms with Crippen molar-refractivity contribution in [2.45, 2.75) is 25.9 Å². The highest BCUT2D eigenvalue weighted by molar-refractivity contribution is 5.46. The first kappa shape index (κ1) is 7.79. The molecule has 0 spiro atoms. The second-order valence-electron chi connectivity index (χ2n) is 3.30. The van der Waals surface area contributed by atoms with Crippen molar-refractivity contribution >= 4 is 0 Å². The molecule has 0 saturated carbocycles. The number of nitrogens with zero attached hydrogens (tertiary/aromatic N) is 2. The molecule has 3 N–H and O–H groups in total. The molecule has 0 aromatic carbocycles. The predicted molar refractivity (Wildman–Crippen MR) is 44.2 cm³/mol. The topological polar surface area (TPSA) is 49.4 Å². The van der Waals surface area contributed by atoms with Crippen molar-refractivity contribution in [3.8, 4) is 0 Å². The Kier molecular flexibility index (Phi) is 1.51. The van der Waals surface area contributed by atoms with Gasteiger partial charge in [0.2, 0.25) is 0 Å². The molecule has 66 valence electrons. The van der Waals surface area contributed by atoms with E-state index in [1.165, 1.54) is 10.1 Å². The molecule has 4 heteroatoms. The average Bonchev–Trinajstić information content (AvgIpc) is 2.63. The molecule has 0 bridgehead atoms. The molecule has 1 saturated heterocycles. The molecule has 0 aromatic rings. The van der Waals surface area contributed by atoms with E-state index in [2.05, 4.69) is 0 Å². The fourth-order valence-corrected chi connectivity index (χ4v) is 1.48. The van der Waals surface area contributed by atoms with Crippen LogP contribution in [0.3, 0.4) is 0 Å². The summed E-state index contributed by atoms with van der Waals surface area (Å²) < 4.78 is 0. The van der Waals surface area contributed by atoms with Gasteiger partial charge in [-0.15, -0.1) is 0 Å². The number of rotatable bonds is 0. The van der Waals surface area contributed by atoms with Crippen LogP contribution in [0.4, 0.5) is 0 Å². The van der Waals surface area contributed by atoms with Crippen molar-refractivity contribution in [2.75, 3.05) is 0 Å². The maximum absolute atomic E-state index is 9.19. The van der Waals surface area contributed by atoms with Crippen LogP contribution in [0, 0.1) is 0 Å². The van der Waals surface area contributed by atoms with Crippen LogP contribution in [0.1, 0.15) is 13.8 Å². The molecule has 4 nitrogen and oxygen atoms in total. The lowest BCUT2D eigenvalue weighted by atomic mass is 10.2. The Hall–Kier alpha value is -0.840. The van der Waals surface area contributed by atoms with Crippen LogP contribution in [-0.2, 0) is 0 Å². The van der Waals surface area contributed by atoms with Crippen LogP contribution in [-0.4, -0.2) is 32.6 Å². The van der Waals surface area contributed by atoms with Crippen LogP contribution >= 0.6 is 0 Å². The number of fused-ring (bicyclic) bond motifs is 1. The molecule has 1 fully saturated rings. The summed E-state index contributed by atoms with van der Waals surface area (Å²) in [6.07, 6.45) is 3.78. The zero-order valence-electron chi connectivity index (χ0n) is 7.15. The Morgan fingerprint density at radius 1 is 1.25 bits per heavy atom. The molecule has 0 aromatic heterocycles. The normalized spacial score (nSPS) is 35.2. The summed E-state index contributed by atoms with van der Waals surface area (Å²) in [7, 11) is 0.